The topological polar surface area (TPSA) is 38.9 Å². The molecule has 2 N–H and O–H groups in total. The second kappa shape index (κ2) is 5.05. The fourth-order valence-corrected chi connectivity index (χ4v) is 2.14. The van der Waals surface area contributed by atoms with Crippen LogP contribution in [0.1, 0.15) is 34.1 Å². The van der Waals surface area contributed by atoms with Gasteiger partial charge < -0.3 is 5.73 Å². The first-order valence-corrected chi connectivity index (χ1v) is 6.06. The lowest BCUT2D eigenvalue weighted by Crippen LogP contribution is -2.18. The number of benzene rings is 1. The van der Waals surface area contributed by atoms with Gasteiger partial charge in [0.2, 0.25) is 0 Å². The molecule has 2 aromatic rings. The summed E-state index contributed by atoms with van der Waals surface area (Å²) in [5.74, 6) is -1.22. The predicted molar refractivity (Wildman–Crippen MR) is 70.8 cm³/mol. The first kappa shape index (κ1) is 13.6. The second-order valence-electron chi connectivity index (χ2n) is 4.70. The van der Waals surface area contributed by atoms with Crippen molar-refractivity contribution in [3.63, 3.8) is 0 Å². The number of aryl methyl sites for hydroxylation is 3. The van der Waals surface area contributed by atoms with Gasteiger partial charge in [0.15, 0.2) is 0 Å². The molecule has 0 aliphatic carbocycles. The molecule has 100 valence electrons. The Bertz CT molecular complexity index is 624. The molecule has 0 amide bonds. The normalized spacial score (nSPS) is 12.5. The molecular formula is C15H16F2N2. The Kier molecular flexibility index (Phi) is 3.62. The first-order valence-electron chi connectivity index (χ1n) is 6.06. The molecule has 0 aliphatic heterocycles. The number of pyridine rings is 1. The highest BCUT2D eigenvalue weighted by Crippen LogP contribution is 2.28. The van der Waals surface area contributed by atoms with Crippen LogP contribution in [0.5, 0.6) is 0 Å². The summed E-state index contributed by atoms with van der Waals surface area (Å²) < 4.78 is 27.9. The van der Waals surface area contributed by atoms with Gasteiger partial charge in [-0.05, 0) is 44.0 Å². The highest BCUT2D eigenvalue weighted by Gasteiger charge is 2.21. The van der Waals surface area contributed by atoms with Crippen molar-refractivity contribution in [1.82, 2.24) is 4.98 Å². The Hall–Kier alpha value is -1.81. The maximum absolute atomic E-state index is 14.1. The van der Waals surface area contributed by atoms with Crippen molar-refractivity contribution in [2.24, 2.45) is 5.73 Å². The minimum Gasteiger partial charge on any atom is -0.320 e. The molecule has 1 aromatic carbocycles. The van der Waals surface area contributed by atoms with Crippen LogP contribution in [0.25, 0.3) is 0 Å². The third kappa shape index (κ3) is 2.49. The summed E-state index contributed by atoms with van der Waals surface area (Å²) in [5, 5.41) is 0. The van der Waals surface area contributed by atoms with E-state index in [1.807, 2.05) is 6.92 Å². The van der Waals surface area contributed by atoms with Crippen molar-refractivity contribution in [3.8, 4) is 0 Å². The highest BCUT2D eigenvalue weighted by molar-refractivity contribution is 5.38. The van der Waals surface area contributed by atoms with E-state index in [4.69, 9.17) is 5.73 Å². The number of rotatable bonds is 2. The van der Waals surface area contributed by atoms with E-state index in [9.17, 15) is 8.78 Å². The Balaban J connectivity index is 2.56. The lowest BCUT2D eigenvalue weighted by atomic mass is 9.95. The number of aromatic nitrogens is 1. The molecule has 0 saturated heterocycles. The molecule has 0 spiro atoms. The quantitative estimate of drug-likeness (QED) is 0.901. The predicted octanol–water partition coefficient (Wildman–Crippen LogP) is 3.33. The number of nitrogens with zero attached hydrogens (tertiary/aromatic N) is 1. The molecule has 2 rings (SSSR count). The summed E-state index contributed by atoms with van der Waals surface area (Å²) in [5.41, 5.74) is 8.46. The van der Waals surface area contributed by atoms with Gasteiger partial charge in [-0.2, -0.15) is 0 Å². The zero-order valence-electron chi connectivity index (χ0n) is 11.2. The summed E-state index contributed by atoms with van der Waals surface area (Å²) in [6.07, 6.45) is 0. The standard InChI is InChI=1S/C15H16F2N2/c1-8-4-7-12(16)13(14(8)17)15(18)11-6-5-9(2)19-10(11)3/h4-7,15H,18H2,1-3H3. The van der Waals surface area contributed by atoms with E-state index in [1.165, 1.54) is 12.1 Å². The highest BCUT2D eigenvalue weighted by atomic mass is 19.1. The molecular weight excluding hydrogens is 246 g/mol. The van der Waals surface area contributed by atoms with Crippen LogP contribution in [0, 0.1) is 32.4 Å². The van der Waals surface area contributed by atoms with Crippen LogP contribution < -0.4 is 5.73 Å². The van der Waals surface area contributed by atoms with Crippen LogP contribution in [-0.2, 0) is 0 Å². The molecule has 0 bridgehead atoms. The van der Waals surface area contributed by atoms with E-state index < -0.39 is 17.7 Å². The maximum atomic E-state index is 14.1. The van der Waals surface area contributed by atoms with Gasteiger partial charge in [0, 0.05) is 17.0 Å². The minimum atomic E-state index is -0.854. The van der Waals surface area contributed by atoms with Gasteiger partial charge in [-0.1, -0.05) is 12.1 Å². The molecule has 1 aromatic heterocycles. The Labute approximate surface area is 111 Å². The molecule has 0 aliphatic rings. The average Bonchev–Trinajstić information content (AvgIpc) is 2.34. The molecule has 4 heteroatoms. The van der Waals surface area contributed by atoms with Crippen LogP contribution >= 0.6 is 0 Å². The van der Waals surface area contributed by atoms with Crippen molar-refractivity contribution in [2.45, 2.75) is 26.8 Å². The fourth-order valence-electron chi connectivity index (χ4n) is 2.14. The van der Waals surface area contributed by atoms with E-state index in [2.05, 4.69) is 4.98 Å². The van der Waals surface area contributed by atoms with Crippen molar-refractivity contribution >= 4 is 0 Å². The molecule has 2 nitrogen and oxygen atoms in total. The number of hydrogen-bond acceptors (Lipinski definition) is 2. The lowest BCUT2D eigenvalue weighted by molar-refractivity contribution is 0.537. The second-order valence-corrected chi connectivity index (χ2v) is 4.70. The van der Waals surface area contributed by atoms with Crippen LogP contribution in [-0.4, -0.2) is 4.98 Å². The zero-order chi connectivity index (χ0) is 14.2. The van der Waals surface area contributed by atoms with Crippen LogP contribution in [0.15, 0.2) is 24.3 Å². The zero-order valence-corrected chi connectivity index (χ0v) is 11.2. The van der Waals surface area contributed by atoms with E-state index in [1.54, 1.807) is 26.0 Å². The van der Waals surface area contributed by atoms with Crippen molar-refractivity contribution < 1.29 is 8.78 Å². The average molecular weight is 262 g/mol. The van der Waals surface area contributed by atoms with Gasteiger partial charge in [0.05, 0.1) is 6.04 Å². The van der Waals surface area contributed by atoms with E-state index >= 15 is 0 Å². The van der Waals surface area contributed by atoms with Gasteiger partial charge in [-0.25, -0.2) is 8.78 Å². The van der Waals surface area contributed by atoms with Crippen LogP contribution in [0.4, 0.5) is 8.78 Å². The van der Waals surface area contributed by atoms with Gasteiger partial charge in [-0.3, -0.25) is 4.98 Å². The number of halogens is 2. The van der Waals surface area contributed by atoms with Crippen molar-refractivity contribution in [3.05, 3.63) is 64.0 Å². The summed E-state index contributed by atoms with van der Waals surface area (Å²) in [6, 6.07) is 5.34. The largest absolute Gasteiger partial charge is 0.320 e. The number of hydrogen-bond donors (Lipinski definition) is 1. The Morgan fingerprint density at radius 3 is 2.37 bits per heavy atom. The molecule has 0 saturated carbocycles. The first-order chi connectivity index (χ1) is 8.91. The third-order valence-electron chi connectivity index (χ3n) is 3.23. The molecule has 1 unspecified atom stereocenters. The molecule has 0 fully saturated rings. The third-order valence-corrected chi connectivity index (χ3v) is 3.23. The maximum Gasteiger partial charge on any atom is 0.134 e. The van der Waals surface area contributed by atoms with Crippen LogP contribution in [0.2, 0.25) is 0 Å². The molecule has 19 heavy (non-hydrogen) atoms. The summed E-state index contributed by atoms with van der Waals surface area (Å²) in [6.45, 7) is 5.23. The van der Waals surface area contributed by atoms with Gasteiger partial charge >= 0.3 is 0 Å². The van der Waals surface area contributed by atoms with Crippen molar-refractivity contribution in [2.75, 3.05) is 0 Å². The summed E-state index contributed by atoms with van der Waals surface area (Å²) in [7, 11) is 0. The van der Waals surface area contributed by atoms with Crippen LogP contribution in [0.3, 0.4) is 0 Å². The van der Waals surface area contributed by atoms with Gasteiger partial charge in [-0.15, -0.1) is 0 Å². The fraction of sp³-hybridized carbons (Fsp3) is 0.267. The number of nitrogens with two attached hydrogens (primary N) is 1. The van der Waals surface area contributed by atoms with E-state index in [0.717, 1.165) is 5.69 Å². The summed E-state index contributed by atoms with van der Waals surface area (Å²) in [4.78, 5) is 4.28. The minimum absolute atomic E-state index is 0.103. The van der Waals surface area contributed by atoms with Gasteiger partial charge in [0.25, 0.3) is 0 Å². The van der Waals surface area contributed by atoms with Crippen molar-refractivity contribution in [1.29, 1.82) is 0 Å². The smallest absolute Gasteiger partial charge is 0.134 e. The SMILES string of the molecule is Cc1ccc(C(N)c2c(F)ccc(C)c2F)c(C)n1. The Morgan fingerprint density at radius 2 is 1.74 bits per heavy atom. The van der Waals surface area contributed by atoms with E-state index in [-0.39, 0.29) is 5.56 Å². The molecule has 1 heterocycles. The molecule has 0 radical (unpaired) electrons. The Morgan fingerprint density at radius 1 is 1.05 bits per heavy atom. The van der Waals surface area contributed by atoms with E-state index in [0.29, 0.717) is 16.8 Å². The van der Waals surface area contributed by atoms with Gasteiger partial charge in [0.1, 0.15) is 11.6 Å². The summed E-state index contributed by atoms with van der Waals surface area (Å²) >= 11 is 0. The lowest BCUT2D eigenvalue weighted by Gasteiger charge is -2.17. The monoisotopic (exact) mass is 262 g/mol. The molecule has 1 atom stereocenters.